The van der Waals surface area contributed by atoms with E-state index in [0.29, 0.717) is 6.54 Å². The summed E-state index contributed by atoms with van der Waals surface area (Å²) in [4.78, 5) is 17.2. The fourth-order valence-corrected chi connectivity index (χ4v) is 3.50. The van der Waals surface area contributed by atoms with Gasteiger partial charge in [-0.15, -0.1) is 0 Å². The molecule has 4 nitrogen and oxygen atoms in total. The van der Waals surface area contributed by atoms with Crippen LogP contribution in [-0.2, 0) is 11.3 Å². The molecule has 0 radical (unpaired) electrons. The van der Waals surface area contributed by atoms with Gasteiger partial charge in [-0.3, -0.25) is 14.6 Å². The highest BCUT2D eigenvalue weighted by molar-refractivity contribution is 5.78. The first-order valence-corrected chi connectivity index (χ1v) is 9.53. The maximum absolute atomic E-state index is 12.4. The SMILES string of the molecule is CC(NC(=O)CN1CCCN(Cc2ccccc2)CC1)c1ccccc1. The molecule has 0 spiro atoms. The van der Waals surface area contributed by atoms with Crippen molar-refractivity contribution in [1.29, 1.82) is 0 Å². The van der Waals surface area contributed by atoms with Gasteiger partial charge < -0.3 is 5.32 Å². The molecule has 1 amide bonds. The van der Waals surface area contributed by atoms with Gasteiger partial charge >= 0.3 is 0 Å². The van der Waals surface area contributed by atoms with Gasteiger partial charge in [0.1, 0.15) is 0 Å². The number of nitrogens with zero attached hydrogens (tertiary/aromatic N) is 2. The number of benzene rings is 2. The van der Waals surface area contributed by atoms with Crippen LogP contribution in [-0.4, -0.2) is 48.4 Å². The second-order valence-electron chi connectivity index (χ2n) is 7.09. The zero-order valence-electron chi connectivity index (χ0n) is 15.6. The van der Waals surface area contributed by atoms with Crippen LogP contribution in [0.25, 0.3) is 0 Å². The van der Waals surface area contributed by atoms with Gasteiger partial charge in [-0.25, -0.2) is 0 Å². The summed E-state index contributed by atoms with van der Waals surface area (Å²) in [7, 11) is 0. The van der Waals surface area contributed by atoms with Gasteiger partial charge in [0, 0.05) is 19.6 Å². The highest BCUT2D eigenvalue weighted by atomic mass is 16.2. The van der Waals surface area contributed by atoms with E-state index in [2.05, 4.69) is 57.6 Å². The van der Waals surface area contributed by atoms with Crippen LogP contribution in [0.15, 0.2) is 60.7 Å². The highest BCUT2D eigenvalue weighted by Gasteiger charge is 2.18. The van der Waals surface area contributed by atoms with Crippen LogP contribution in [0, 0.1) is 0 Å². The van der Waals surface area contributed by atoms with E-state index in [4.69, 9.17) is 0 Å². The molecule has 1 N–H and O–H groups in total. The predicted molar refractivity (Wildman–Crippen MR) is 106 cm³/mol. The number of hydrogen-bond donors (Lipinski definition) is 1. The average molecular weight is 351 g/mol. The molecule has 1 unspecified atom stereocenters. The van der Waals surface area contributed by atoms with E-state index in [-0.39, 0.29) is 11.9 Å². The number of carbonyl (C=O) groups is 1. The first-order chi connectivity index (χ1) is 12.7. The van der Waals surface area contributed by atoms with E-state index in [0.717, 1.165) is 44.7 Å². The molecule has 0 aromatic heterocycles. The fourth-order valence-electron chi connectivity index (χ4n) is 3.50. The first-order valence-electron chi connectivity index (χ1n) is 9.53. The molecule has 2 aromatic carbocycles. The van der Waals surface area contributed by atoms with Crippen LogP contribution in [0.3, 0.4) is 0 Å². The Labute approximate surface area is 156 Å². The molecule has 1 heterocycles. The van der Waals surface area contributed by atoms with Crippen molar-refractivity contribution in [2.75, 3.05) is 32.7 Å². The lowest BCUT2D eigenvalue weighted by atomic mass is 10.1. The summed E-state index contributed by atoms with van der Waals surface area (Å²) in [6.07, 6.45) is 1.11. The maximum Gasteiger partial charge on any atom is 0.234 e. The number of amides is 1. The molecule has 1 atom stereocenters. The highest BCUT2D eigenvalue weighted by Crippen LogP contribution is 2.12. The molecular weight excluding hydrogens is 322 g/mol. The molecule has 0 saturated carbocycles. The molecule has 26 heavy (non-hydrogen) atoms. The molecule has 2 aromatic rings. The second kappa shape index (κ2) is 9.51. The number of carbonyl (C=O) groups excluding carboxylic acids is 1. The van der Waals surface area contributed by atoms with Crippen molar-refractivity contribution in [2.45, 2.75) is 25.9 Å². The zero-order valence-corrected chi connectivity index (χ0v) is 15.6. The minimum absolute atomic E-state index is 0.0465. The van der Waals surface area contributed by atoms with Gasteiger partial charge in [0.05, 0.1) is 12.6 Å². The van der Waals surface area contributed by atoms with Crippen molar-refractivity contribution in [3.63, 3.8) is 0 Å². The summed E-state index contributed by atoms with van der Waals surface area (Å²) in [6, 6.07) is 20.8. The standard InChI is InChI=1S/C22H29N3O/c1-19(21-11-6-3-7-12-21)23-22(26)18-25-14-8-13-24(15-16-25)17-20-9-4-2-5-10-20/h2-7,9-12,19H,8,13-18H2,1H3,(H,23,26). The Morgan fingerprint density at radius 1 is 0.923 bits per heavy atom. The van der Waals surface area contributed by atoms with Crippen molar-refractivity contribution < 1.29 is 4.79 Å². The van der Waals surface area contributed by atoms with Crippen molar-refractivity contribution in [3.05, 3.63) is 71.8 Å². The van der Waals surface area contributed by atoms with Gasteiger partial charge in [-0.05, 0) is 37.6 Å². The molecule has 4 heteroatoms. The molecule has 1 saturated heterocycles. The normalized spacial score (nSPS) is 17.4. The van der Waals surface area contributed by atoms with Crippen molar-refractivity contribution >= 4 is 5.91 Å². The lowest BCUT2D eigenvalue weighted by Crippen LogP contribution is -2.40. The average Bonchev–Trinajstić information content (AvgIpc) is 2.88. The summed E-state index contributed by atoms with van der Waals surface area (Å²) >= 11 is 0. The zero-order chi connectivity index (χ0) is 18.2. The summed E-state index contributed by atoms with van der Waals surface area (Å²) < 4.78 is 0. The molecule has 1 fully saturated rings. The quantitative estimate of drug-likeness (QED) is 0.869. The molecule has 1 aliphatic heterocycles. The van der Waals surface area contributed by atoms with Gasteiger partial charge in [-0.1, -0.05) is 60.7 Å². The van der Waals surface area contributed by atoms with Crippen molar-refractivity contribution in [1.82, 2.24) is 15.1 Å². The van der Waals surface area contributed by atoms with E-state index >= 15 is 0 Å². The van der Waals surface area contributed by atoms with E-state index in [1.807, 2.05) is 25.1 Å². The van der Waals surface area contributed by atoms with Gasteiger partial charge in [0.2, 0.25) is 5.91 Å². The summed E-state index contributed by atoms with van der Waals surface area (Å²) in [5.41, 5.74) is 2.50. The second-order valence-corrected chi connectivity index (χ2v) is 7.09. The largest absolute Gasteiger partial charge is 0.348 e. The predicted octanol–water partition coefficient (Wildman–Crippen LogP) is 3.07. The first kappa shape index (κ1) is 18.6. The lowest BCUT2D eigenvalue weighted by molar-refractivity contribution is -0.122. The molecule has 0 bridgehead atoms. The van der Waals surface area contributed by atoms with Gasteiger partial charge in [0.25, 0.3) is 0 Å². The summed E-state index contributed by atoms with van der Waals surface area (Å²) in [6.45, 7) is 7.54. The molecular formula is C22H29N3O. The number of rotatable bonds is 6. The van der Waals surface area contributed by atoms with Gasteiger partial charge in [0.15, 0.2) is 0 Å². The monoisotopic (exact) mass is 351 g/mol. The van der Waals surface area contributed by atoms with E-state index in [9.17, 15) is 4.79 Å². The number of hydrogen-bond acceptors (Lipinski definition) is 3. The lowest BCUT2D eigenvalue weighted by Gasteiger charge is -2.22. The minimum atomic E-state index is 0.0465. The molecule has 138 valence electrons. The summed E-state index contributed by atoms with van der Waals surface area (Å²) in [5, 5.41) is 3.12. The fraction of sp³-hybridized carbons (Fsp3) is 0.409. The van der Waals surface area contributed by atoms with Crippen LogP contribution in [0.4, 0.5) is 0 Å². The Morgan fingerprint density at radius 3 is 2.27 bits per heavy atom. The van der Waals surface area contributed by atoms with Crippen LogP contribution in [0.5, 0.6) is 0 Å². The third-order valence-electron chi connectivity index (χ3n) is 4.97. The summed E-state index contributed by atoms with van der Waals surface area (Å²) in [5.74, 6) is 0.109. The van der Waals surface area contributed by atoms with Crippen molar-refractivity contribution in [2.24, 2.45) is 0 Å². The molecule has 1 aliphatic rings. The smallest absolute Gasteiger partial charge is 0.234 e. The Balaban J connectivity index is 1.44. The van der Waals surface area contributed by atoms with Crippen LogP contribution in [0.1, 0.15) is 30.5 Å². The maximum atomic E-state index is 12.4. The van der Waals surface area contributed by atoms with E-state index in [1.165, 1.54) is 5.56 Å². The molecule has 0 aliphatic carbocycles. The third kappa shape index (κ3) is 5.68. The van der Waals surface area contributed by atoms with Crippen LogP contribution >= 0.6 is 0 Å². The van der Waals surface area contributed by atoms with E-state index < -0.39 is 0 Å². The number of nitrogens with one attached hydrogen (secondary N) is 1. The minimum Gasteiger partial charge on any atom is -0.348 e. The molecule has 3 rings (SSSR count). The Kier molecular flexibility index (Phi) is 6.81. The Hall–Kier alpha value is -2.17. The van der Waals surface area contributed by atoms with Gasteiger partial charge in [-0.2, -0.15) is 0 Å². The Bertz CT molecular complexity index is 674. The Morgan fingerprint density at radius 2 is 1.54 bits per heavy atom. The van der Waals surface area contributed by atoms with E-state index in [1.54, 1.807) is 0 Å². The topological polar surface area (TPSA) is 35.6 Å². The van der Waals surface area contributed by atoms with Crippen LogP contribution < -0.4 is 5.32 Å². The third-order valence-corrected chi connectivity index (χ3v) is 4.97. The van der Waals surface area contributed by atoms with Crippen LogP contribution in [0.2, 0.25) is 0 Å². The van der Waals surface area contributed by atoms with Crippen molar-refractivity contribution in [3.8, 4) is 0 Å².